The van der Waals surface area contributed by atoms with Gasteiger partial charge in [0, 0.05) is 12.1 Å². The van der Waals surface area contributed by atoms with E-state index in [9.17, 15) is 0 Å². The van der Waals surface area contributed by atoms with Gasteiger partial charge < -0.3 is 10.3 Å². The van der Waals surface area contributed by atoms with Gasteiger partial charge in [-0.1, -0.05) is 11.6 Å². The van der Waals surface area contributed by atoms with Crippen LogP contribution < -0.4 is 5.73 Å². The summed E-state index contributed by atoms with van der Waals surface area (Å²) in [4.78, 5) is 5.64. The van der Waals surface area contributed by atoms with Crippen LogP contribution in [0.3, 0.4) is 0 Å². The summed E-state index contributed by atoms with van der Waals surface area (Å²) in [5.41, 5.74) is 9.94. The van der Waals surface area contributed by atoms with Crippen LogP contribution in [0.25, 0.3) is 21.7 Å². The van der Waals surface area contributed by atoms with E-state index in [0.717, 1.165) is 33.0 Å². The van der Waals surface area contributed by atoms with Crippen molar-refractivity contribution in [1.29, 1.82) is 0 Å². The van der Waals surface area contributed by atoms with Gasteiger partial charge >= 0.3 is 0 Å². The molecule has 0 spiro atoms. The van der Waals surface area contributed by atoms with E-state index < -0.39 is 0 Å². The molecule has 3 rings (SSSR count). The highest BCUT2D eigenvalue weighted by Crippen LogP contribution is 2.35. The van der Waals surface area contributed by atoms with Gasteiger partial charge in [0.1, 0.15) is 0 Å². The third-order valence-electron chi connectivity index (χ3n) is 3.07. The number of hydrogen-bond acceptors (Lipinski definition) is 3. The summed E-state index contributed by atoms with van der Waals surface area (Å²) >= 11 is 7.61. The Morgan fingerprint density at radius 1 is 1.39 bits per heavy atom. The summed E-state index contributed by atoms with van der Waals surface area (Å²) in [6, 6.07) is 5.72. The van der Waals surface area contributed by atoms with E-state index in [1.807, 2.05) is 36.7 Å². The monoisotopic (exact) mass is 277 g/mol. The van der Waals surface area contributed by atoms with Gasteiger partial charge in [0.05, 0.1) is 21.6 Å². The summed E-state index contributed by atoms with van der Waals surface area (Å²) in [5, 5.41) is 2.75. The second kappa shape index (κ2) is 4.00. The molecule has 92 valence electrons. The van der Waals surface area contributed by atoms with Gasteiger partial charge in [-0.2, -0.15) is 0 Å². The largest absolute Gasteiger partial charge is 0.397 e. The van der Waals surface area contributed by atoms with Gasteiger partial charge in [0.2, 0.25) is 0 Å². The highest BCUT2D eigenvalue weighted by molar-refractivity contribution is 7.14. The molecule has 0 atom stereocenters. The van der Waals surface area contributed by atoms with Crippen LogP contribution in [-0.2, 0) is 7.05 Å². The molecule has 0 aliphatic carbocycles. The average Bonchev–Trinajstić information content (AvgIpc) is 2.82. The molecule has 0 radical (unpaired) electrons. The Balaban J connectivity index is 2.30. The second-order valence-electron chi connectivity index (χ2n) is 4.29. The highest BCUT2D eigenvalue weighted by Gasteiger charge is 2.15. The average molecular weight is 278 g/mol. The van der Waals surface area contributed by atoms with E-state index >= 15 is 0 Å². The van der Waals surface area contributed by atoms with Crippen LogP contribution in [0.4, 0.5) is 5.69 Å². The zero-order valence-electron chi connectivity index (χ0n) is 10.1. The van der Waals surface area contributed by atoms with Crippen LogP contribution in [0.2, 0.25) is 5.02 Å². The van der Waals surface area contributed by atoms with Crippen molar-refractivity contribution in [3.63, 3.8) is 0 Å². The number of rotatable bonds is 1. The Morgan fingerprint density at radius 2 is 2.17 bits per heavy atom. The van der Waals surface area contributed by atoms with E-state index in [1.54, 1.807) is 11.3 Å². The molecule has 5 heteroatoms. The van der Waals surface area contributed by atoms with Gasteiger partial charge in [-0.25, -0.2) is 4.98 Å². The van der Waals surface area contributed by atoms with Crippen molar-refractivity contribution in [1.82, 2.24) is 9.55 Å². The molecule has 0 saturated carbocycles. The predicted octanol–water partition coefficient (Wildman–Crippen LogP) is 3.85. The third-order valence-corrected chi connectivity index (χ3v) is 4.41. The Hall–Kier alpha value is -1.52. The fourth-order valence-electron chi connectivity index (χ4n) is 2.00. The van der Waals surface area contributed by atoms with Crippen LogP contribution in [0.5, 0.6) is 0 Å². The first-order valence-corrected chi connectivity index (χ1v) is 6.79. The Morgan fingerprint density at radius 3 is 2.83 bits per heavy atom. The smallest absolute Gasteiger partial charge is 0.153 e. The van der Waals surface area contributed by atoms with Crippen molar-refractivity contribution in [3.05, 3.63) is 34.2 Å². The van der Waals surface area contributed by atoms with Crippen molar-refractivity contribution in [2.75, 3.05) is 5.73 Å². The van der Waals surface area contributed by atoms with E-state index in [1.165, 1.54) is 0 Å². The highest BCUT2D eigenvalue weighted by atomic mass is 35.5. The lowest BCUT2D eigenvalue weighted by Gasteiger charge is -2.01. The summed E-state index contributed by atoms with van der Waals surface area (Å²) in [6.45, 7) is 2.01. The maximum absolute atomic E-state index is 6.09. The molecule has 0 fully saturated rings. The van der Waals surface area contributed by atoms with Crippen LogP contribution in [0.1, 0.15) is 5.56 Å². The molecule has 2 N–H and O–H groups in total. The number of nitrogens with two attached hydrogens (primary N) is 1. The SMILES string of the molecule is Cc1csc(-c2nc3cc(Cl)ccc3n2C)c1N. The Labute approximate surface area is 114 Å². The minimum absolute atomic E-state index is 0.697. The molecule has 2 aromatic heterocycles. The minimum atomic E-state index is 0.697. The van der Waals surface area contributed by atoms with Crippen LogP contribution in [0, 0.1) is 6.92 Å². The normalized spacial score (nSPS) is 11.3. The molecule has 3 aromatic rings. The molecule has 1 aromatic carbocycles. The molecule has 18 heavy (non-hydrogen) atoms. The molecule has 0 unspecified atom stereocenters. The van der Waals surface area contributed by atoms with E-state index in [2.05, 4.69) is 10.4 Å². The molecule has 0 aliphatic rings. The lowest BCUT2D eigenvalue weighted by atomic mass is 10.3. The first kappa shape index (κ1) is 11.6. The van der Waals surface area contributed by atoms with E-state index in [-0.39, 0.29) is 0 Å². The number of hydrogen-bond donors (Lipinski definition) is 1. The topological polar surface area (TPSA) is 43.8 Å². The van der Waals surface area contributed by atoms with Crippen molar-refractivity contribution >= 4 is 39.7 Å². The number of nitrogen functional groups attached to an aromatic ring is 1. The van der Waals surface area contributed by atoms with Gasteiger partial charge in [-0.15, -0.1) is 11.3 Å². The number of nitrogens with zero attached hydrogens (tertiary/aromatic N) is 2. The molecule has 2 heterocycles. The maximum Gasteiger partial charge on any atom is 0.153 e. The number of benzene rings is 1. The van der Waals surface area contributed by atoms with Crippen molar-refractivity contribution in [2.45, 2.75) is 6.92 Å². The molecule has 0 amide bonds. The van der Waals surface area contributed by atoms with E-state index in [4.69, 9.17) is 17.3 Å². The van der Waals surface area contributed by atoms with Crippen LogP contribution in [-0.4, -0.2) is 9.55 Å². The lowest BCUT2D eigenvalue weighted by molar-refractivity contribution is 0.963. The van der Waals surface area contributed by atoms with Crippen molar-refractivity contribution in [3.8, 4) is 10.7 Å². The maximum atomic E-state index is 6.09. The number of aryl methyl sites for hydroxylation is 2. The van der Waals surface area contributed by atoms with Gasteiger partial charge in [-0.05, 0) is 36.1 Å². The predicted molar refractivity (Wildman–Crippen MR) is 78.2 cm³/mol. The number of anilines is 1. The van der Waals surface area contributed by atoms with Gasteiger partial charge in [-0.3, -0.25) is 0 Å². The van der Waals surface area contributed by atoms with Crippen LogP contribution in [0.15, 0.2) is 23.6 Å². The standard InChI is InChI=1S/C13H12ClN3S/c1-7-6-18-12(11(7)15)13-16-9-5-8(14)3-4-10(9)17(13)2/h3-6H,15H2,1-2H3. The van der Waals surface area contributed by atoms with Gasteiger partial charge in [0.15, 0.2) is 5.82 Å². The van der Waals surface area contributed by atoms with Crippen molar-refractivity contribution in [2.24, 2.45) is 7.05 Å². The van der Waals surface area contributed by atoms with Gasteiger partial charge in [0.25, 0.3) is 0 Å². The summed E-state index contributed by atoms with van der Waals surface area (Å²) in [5.74, 6) is 0.892. The van der Waals surface area contributed by atoms with Crippen molar-refractivity contribution < 1.29 is 0 Å². The second-order valence-corrected chi connectivity index (χ2v) is 5.61. The summed E-state index contributed by atoms with van der Waals surface area (Å²) in [6.07, 6.45) is 0. The zero-order valence-corrected chi connectivity index (χ0v) is 11.6. The van der Waals surface area contributed by atoms with Crippen LogP contribution >= 0.6 is 22.9 Å². The fraction of sp³-hybridized carbons (Fsp3) is 0.154. The third kappa shape index (κ3) is 1.61. The molecular weight excluding hydrogens is 266 g/mol. The Bertz CT molecular complexity index is 742. The van der Waals surface area contributed by atoms with E-state index in [0.29, 0.717) is 5.02 Å². The zero-order chi connectivity index (χ0) is 12.9. The number of imidazole rings is 1. The number of fused-ring (bicyclic) bond motifs is 1. The number of aromatic nitrogens is 2. The summed E-state index contributed by atoms with van der Waals surface area (Å²) in [7, 11) is 1.99. The lowest BCUT2D eigenvalue weighted by Crippen LogP contribution is -1.94. The molecule has 0 aliphatic heterocycles. The molecule has 0 bridgehead atoms. The number of halogens is 1. The molecule has 3 nitrogen and oxygen atoms in total. The molecule has 0 saturated heterocycles. The fourth-order valence-corrected chi connectivity index (χ4v) is 3.17. The summed E-state index contributed by atoms with van der Waals surface area (Å²) < 4.78 is 2.05. The quantitative estimate of drug-likeness (QED) is 0.734. The Kier molecular flexibility index (Phi) is 2.57. The first-order valence-electron chi connectivity index (χ1n) is 5.54. The number of thiophene rings is 1. The minimum Gasteiger partial charge on any atom is -0.397 e. The molecular formula is C13H12ClN3S. The first-order chi connectivity index (χ1) is 8.58.